The van der Waals surface area contributed by atoms with Gasteiger partial charge in [-0.25, -0.2) is 8.78 Å². The number of rotatable bonds is 6. The summed E-state index contributed by atoms with van der Waals surface area (Å²) >= 11 is 37.1. The highest BCUT2D eigenvalue weighted by molar-refractivity contribution is 6.54. The summed E-state index contributed by atoms with van der Waals surface area (Å²) in [5, 5.41) is 3.28. The number of carbonyl (C=O) groups excluding carboxylic acids is 2. The maximum absolute atomic E-state index is 14.3. The molecule has 4 rings (SSSR count). The fraction of sp³-hybridized carbons (Fsp3) is 0.167. The second-order valence-corrected chi connectivity index (χ2v) is 11.2. The van der Waals surface area contributed by atoms with Crippen LogP contribution in [0.5, 0.6) is 0 Å². The molecule has 0 radical (unpaired) electrons. The van der Waals surface area contributed by atoms with Gasteiger partial charge in [0.25, 0.3) is 0 Å². The Kier molecular flexibility index (Phi) is 7.69. The lowest BCUT2D eigenvalue weighted by atomic mass is 10.0. The van der Waals surface area contributed by atoms with Crippen LogP contribution in [0.3, 0.4) is 0 Å². The number of hydrogen-bond donors (Lipinski definition) is 2. The largest absolute Gasteiger partial charge is 0.394 e. The summed E-state index contributed by atoms with van der Waals surface area (Å²) in [5.74, 6) is -4.52. The average Bonchev–Trinajstić information content (AvgIpc) is 3.40. The fourth-order valence-corrected chi connectivity index (χ4v) is 5.54. The number of nitrogens with one attached hydrogen (secondary N) is 1. The topological polar surface area (TPSA) is 72.2 Å². The van der Waals surface area contributed by atoms with Gasteiger partial charge in [-0.15, -0.1) is 23.2 Å². The summed E-state index contributed by atoms with van der Waals surface area (Å²) in [6.45, 7) is 0. The lowest BCUT2D eigenvalue weighted by Crippen LogP contribution is -2.17. The van der Waals surface area contributed by atoms with Crippen LogP contribution in [0.2, 0.25) is 20.1 Å². The van der Waals surface area contributed by atoms with Crippen LogP contribution < -0.4 is 11.1 Å². The average molecular weight is 613 g/mol. The number of nitrogen functional groups attached to an aromatic ring is 1. The van der Waals surface area contributed by atoms with Crippen molar-refractivity contribution in [1.29, 1.82) is 0 Å². The van der Waals surface area contributed by atoms with Crippen molar-refractivity contribution >= 4 is 92.7 Å². The van der Waals surface area contributed by atoms with E-state index >= 15 is 0 Å². The Morgan fingerprint density at radius 2 is 1.58 bits per heavy atom. The highest BCUT2D eigenvalue weighted by Gasteiger charge is 2.67. The summed E-state index contributed by atoms with van der Waals surface area (Å²) in [5.41, 5.74) is 5.37. The molecular formula is C24H14Cl6F2N2O2. The molecule has 1 fully saturated rings. The Hall–Kier alpha value is -1.80. The van der Waals surface area contributed by atoms with E-state index in [0.29, 0.717) is 5.56 Å². The highest BCUT2D eigenvalue weighted by Crippen LogP contribution is 2.65. The molecule has 0 saturated heterocycles. The van der Waals surface area contributed by atoms with Crippen LogP contribution in [0.1, 0.15) is 27.4 Å². The van der Waals surface area contributed by atoms with Crippen molar-refractivity contribution in [2.75, 3.05) is 11.1 Å². The summed E-state index contributed by atoms with van der Waals surface area (Å²) < 4.78 is 26.2. The van der Waals surface area contributed by atoms with Crippen LogP contribution in [0, 0.1) is 17.6 Å². The monoisotopic (exact) mass is 610 g/mol. The Morgan fingerprint density at radius 1 is 0.944 bits per heavy atom. The summed E-state index contributed by atoms with van der Waals surface area (Å²) in [4.78, 5) is 25.8. The lowest BCUT2D eigenvalue weighted by molar-refractivity contribution is -0.117. The Morgan fingerprint density at radius 3 is 2.22 bits per heavy atom. The fourth-order valence-electron chi connectivity index (χ4n) is 3.88. The van der Waals surface area contributed by atoms with E-state index in [4.69, 9.17) is 75.3 Å². The molecular weight excluding hydrogens is 599 g/mol. The van der Waals surface area contributed by atoms with Gasteiger partial charge in [0.2, 0.25) is 5.91 Å². The van der Waals surface area contributed by atoms with Gasteiger partial charge in [-0.2, -0.15) is 0 Å². The van der Waals surface area contributed by atoms with Crippen molar-refractivity contribution < 1.29 is 18.4 Å². The number of amides is 1. The standard InChI is InChI=1S/C24H14Cl6F2N2O2/c25-13-3-2-11(8-12(13)17(35)7-9-1-4-16(31)22(33)21(9)32)34-23(36)19-18(24(19,29)30)10-5-14(26)20(28)15(27)6-10/h1-6,8,18-19H,7,33H2,(H,34,36)/t18-,19+/m0/s1. The van der Waals surface area contributed by atoms with Gasteiger partial charge in [-0.3, -0.25) is 9.59 Å². The third-order valence-corrected chi connectivity index (χ3v) is 8.26. The first-order valence-corrected chi connectivity index (χ1v) is 12.5. The number of anilines is 2. The molecule has 4 nitrogen and oxygen atoms in total. The van der Waals surface area contributed by atoms with Crippen LogP contribution in [-0.4, -0.2) is 16.0 Å². The molecule has 3 aromatic rings. The molecule has 12 heteroatoms. The molecule has 1 amide bonds. The molecule has 0 heterocycles. The van der Waals surface area contributed by atoms with Crippen LogP contribution in [0.15, 0.2) is 42.5 Å². The van der Waals surface area contributed by atoms with Crippen molar-refractivity contribution in [3.05, 3.63) is 90.9 Å². The number of halogens is 8. The summed E-state index contributed by atoms with van der Waals surface area (Å²) in [7, 11) is 0. The minimum absolute atomic E-state index is 0.0170. The van der Waals surface area contributed by atoms with Gasteiger partial charge in [-0.05, 0) is 47.5 Å². The molecule has 3 aromatic carbocycles. The number of alkyl halides is 2. The molecule has 0 aliphatic heterocycles. The van der Waals surface area contributed by atoms with Crippen molar-refractivity contribution in [2.24, 2.45) is 5.92 Å². The molecule has 1 aliphatic rings. The zero-order valence-electron chi connectivity index (χ0n) is 17.8. The van der Waals surface area contributed by atoms with E-state index in [1.54, 1.807) is 0 Å². The Labute approximate surface area is 234 Å². The van der Waals surface area contributed by atoms with E-state index in [1.165, 1.54) is 30.3 Å². The quantitative estimate of drug-likeness (QED) is 0.128. The first-order chi connectivity index (χ1) is 16.8. The van der Waals surface area contributed by atoms with E-state index in [9.17, 15) is 18.4 Å². The van der Waals surface area contributed by atoms with Gasteiger partial charge in [0, 0.05) is 23.6 Å². The Balaban J connectivity index is 1.53. The number of nitrogens with two attached hydrogens (primary N) is 1. The second-order valence-electron chi connectivity index (χ2n) is 8.15. The first kappa shape index (κ1) is 27.2. The molecule has 1 aliphatic carbocycles. The third-order valence-electron chi connectivity index (χ3n) is 5.79. The molecule has 1 saturated carbocycles. The van der Waals surface area contributed by atoms with Crippen LogP contribution in [-0.2, 0) is 11.2 Å². The first-order valence-electron chi connectivity index (χ1n) is 10.2. The summed E-state index contributed by atoms with van der Waals surface area (Å²) in [6, 6.07) is 9.38. The summed E-state index contributed by atoms with van der Waals surface area (Å²) in [6.07, 6.45) is -0.428. The van der Waals surface area contributed by atoms with E-state index in [2.05, 4.69) is 5.32 Å². The third kappa shape index (κ3) is 5.13. The van der Waals surface area contributed by atoms with Crippen LogP contribution in [0.25, 0.3) is 0 Å². The molecule has 0 unspecified atom stereocenters. The lowest BCUT2D eigenvalue weighted by Gasteiger charge is -2.10. The van der Waals surface area contributed by atoms with Crippen LogP contribution in [0.4, 0.5) is 20.2 Å². The minimum atomic E-state index is -1.43. The van der Waals surface area contributed by atoms with Crippen molar-refractivity contribution in [1.82, 2.24) is 0 Å². The molecule has 2 atom stereocenters. The molecule has 36 heavy (non-hydrogen) atoms. The molecule has 188 valence electrons. The van der Waals surface area contributed by atoms with E-state index in [-0.39, 0.29) is 36.9 Å². The predicted octanol–water partition coefficient (Wildman–Crippen LogP) is 8.11. The number of hydrogen-bond acceptors (Lipinski definition) is 3. The molecule has 0 spiro atoms. The number of carbonyl (C=O) groups is 2. The van der Waals surface area contributed by atoms with Gasteiger partial charge >= 0.3 is 0 Å². The maximum Gasteiger partial charge on any atom is 0.231 e. The molecule has 0 aromatic heterocycles. The number of Topliss-reactive ketones (excluding diaryl/α,β-unsaturated/α-hetero) is 1. The van der Waals surface area contributed by atoms with E-state index in [1.807, 2.05) is 0 Å². The van der Waals surface area contributed by atoms with E-state index < -0.39 is 51.6 Å². The SMILES string of the molecule is Nc1c(F)ccc(CC(=O)c2cc(NC(=O)[C@H]3[C@H](c4cc(Cl)c(Cl)c(Cl)c4)C3(Cl)Cl)ccc2Cl)c1F. The second kappa shape index (κ2) is 10.2. The zero-order valence-corrected chi connectivity index (χ0v) is 22.4. The molecule has 0 bridgehead atoms. The Bertz CT molecular complexity index is 1390. The number of benzene rings is 3. The van der Waals surface area contributed by atoms with E-state index in [0.717, 1.165) is 12.1 Å². The number of ketones is 1. The predicted molar refractivity (Wildman–Crippen MR) is 141 cm³/mol. The van der Waals surface area contributed by atoms with Crippen molar-refractivity contribution in [3.8, 4) is 0 Å². The van der Waals surface area contributed by atoms with Crippen molar-refractivity contribution in [3.63, 3.8) is 0 Å². The smallest absolute Gasteiger partial charge is 0.231 e. The van der Waals surface area contributed by atoms with Crippen LogP contribution >= 0.6 is 69.6 Å². The van der Waals surface area contributed by atoms with Gasteiger partial charge in [0.05, 0.1) is 26.0 Å². The molecule has 3 N–H and O–H groups in total. The van der Waals surface area contributed by atoms with Gasteiger partial charge in [0.1, 0.15) is 15.8 Å². The highest BCUT2D eigenvalue weighted by atomic mass is 35.5. The maximum atomic E-state index is 14.3. The normalized spacial score (nSPS) is 18.1. The van der Waals surface area contributed by atoms with Gasteiger partial charge in [0.15, 0.2) is 11.6 Å². The minimum Gasteiger partial charge on any atom is -0.394 e. The van der Waals surface area contributed by atoms with Gasteiger partial charge in [-0.1, -0.05) is 52.5 Å². The van der Waals surface area contributed by atoms with Crippen molar-refractivity contribution in [2.45, 2.75) is 16.7 Å². The zero-order chi connectivity index (χ0) is 26.5. The van der Waals surface area contributed by atoms with Gasteiger partial charge < -0.3 is 11.1 Å².